The van der Waals surface area contributed by atoms with Crippen LogP contribution >= 0.6 is 25.8 Å². The zero-order chi connectivity index (χ0) is 20.1. The van der Waals surface area contributed by atoms with Crippen molar-refractivity contribution in [3.63, 3.8) is 0 Å². The second kappa shape index (κ2) is 10.0. The van der Waals surface area contributed by atoms with Gasteiger partial charge in [0.2, 0.25) is 6.71 Å². The van der Waals surface area contributed by atoms with E-state index in [1.165, 1.54) is 0 Å². The van der Waals surface area contributed by atoms with E-state index in [4.69, 9.17) is 15.8 Å². The van der Waals surface area contributed by atoms with E-state index in [1.807, 2.05) is 37.5 Å². The normalized spacial score (nSPS) is 13.8. The maximum atomic E-state index is 9.75. The highest BCUT2D eigenvalue weighted by Gasteiger charge is 2.51. The molecule has 0 heterocycles. The molecule has 0 fully saturated rings. The molecule has 0 spiro atoms. The van der Waals surface area contributed by atoms with E-state index in [9.17, 15) is 17.3 Å². The Bertz CT molecular complexity index is 394. The first kappa shape index (κ1) is 26.8. The molecule has 0 rings (SSSR count). The summed E-state index contributed by atoms with van der Waals surface area (Å²) in [6, 6.07) is 0. The summed E-state index contributed by atoms with van der Waals surface area (Å²) in [6.07, 6.45) is 0. The molecule has 0 unspecified atom stereocenters. The van der Waals surface area contributed by atoms with Gasteiger partial charge in [0, 0.05) is 42.3 Å². The molecule has 0 aliphatic heterocycles. The molecule has 0 aromatic rings. The first-order valence-corrected chi connectivity index (χ1v) is 11.1. The Labute approximate surface area is 149 Å². The van der Waals surface area contributed by atoms with Crippen LogP contribution in [0.3, 0.4) is 0 Å². The number of halogens is 5. The van der Waals surface area contributed by atoms with Crippen molar-refractivity contribution in [3.8, 4) is 0 Å². The maximum absolute atomic E-state index is 9.75. The fourth-order valence-electron chi connectivity index (χ4n) is 1.98. The Hall–Kier alpha value is 0.535. The van der Waals surface area contributed by atoms with Crippen LogP contribution in [0.25, 0.3) is 0 Å². The summed E-state index contributed by atoms with van der Waals surface area (Å²) in [5, 5.41) is 0. The molecule has 0 aromatic heterocycles. The highest BCUT2D eigenvalue weighted by molar-refractivity contribution is 7.91. The first-order chi connectivity index (χ1) is 10.4. The van der Waals surface area contributed by atoms with E-state index < -0.39 is 21.8 Å². The van der Waals surface area contributed by atoms with Crippen molar-refractivity contribution < 1.29 is 17.3 Å². The van der Waals surface area contributed by atoms with Crippen LogP contribution in [0.1, 0.15) is 0 Å². The molecule has 0 saturated carbocycles. The molecule has 0 aliphatic carbocycles. The molecule has 0 saturated heterocycles. The van der Waals surface area contributed by atoms with Crippen LogP contribution in [0.4, 0.5) is 17.3 Å². The lowest BCUT2D eigenvalue weighted by molar-refractivity contribution is 0.368. The average Bonchev–Trinajstić information content (AvgIpc) is 2.31. The molecule has 0 aromatic carbocycles. The second-order valence-corrected chi connectivity index (χ2v) is 14.0. The summed E-state index contributed by atoms with van der Waals surface area (Å²) in [6.45, 7) is -2.21. The van der Waals surface area contributed by atoms with Crippen molar-refractivity contribution in [1.82, 2.24) is 23.4 Å². The second-order valence-electron chi connectivity index (χ2n) is 5.85. The lowest BCUT2D eigenvalue weighted by Crippen LogP contribution is -2.35. The minimum absolute atomic E-state index is 1.98. The molecular formula is C10H30BClF4N6P2. The van der Waals surface area contributed by atoms with Crippen molar-refractivity contribution in [1.29, 1.82) is 0 Å². The van der Waals surface area contributed by atoms with Gasteiger partial charge in [-0.2, -0.15) is 0 Å². The monoisotopic (exact) mass is 418 g/mol. The smallest absolute Gasteiger partial charge is 0.418 e. The molecule has 0 bridgehead atoms. The third-order valence-corrected chi connectivity index (χ3v) is 12.4. The summed E-state index contributed by atoms with van der Waals surface area (Å²) in [5.74, 6) is 0. The minimum Gasteiger partial charge on any atom is -0.418 e. The molecule has 0 atom stereocenters. The molecule has 148 valence electrons. The van der Waals surface area contributed by atoms with Crippen LogP contribution < -0.4 is 0 Å². The van der Waals surface area contributed by atoms with Gasteiger partial charge in [-0.25, -0.2) is 9.34 Å². The van der Waals surface area contributed by atoms with Crippen LogP contribution in [0.15, 0.2) is 4.52 Å². The summed E-state index contributed by atoms with van der Waals surface area (Å²) < 4.78 is 54.7. The van der Waals surface area contributed by atoms with E-state index in [1.54, 1.807) is 0 Å². The highest BCUT2D eigenvalue weighted by Crippen LogP contribution is 2.74. The molecule has 0 amide bonds. The van der Waals surface area contributed by atoms with E-state index in [0.29, 0.717) is 0 Å². The topological polar surface area (TPSA) is 28.6 Å². The van der Waals surface area contributed by atoms with Crippen LogP contribution in [-0.4, -0.2) is 101 Å². The predicted molar refractivity (Wildman–Crippen MR) is 101 cm³/mol. The fraction of sp³-hybridized carbons (Fsp3) is 1.00. The third kappa shape index (κ3) is 7.83. The molecule has 6 nitrogen and oxygen atoms in total. The highest BCUT2D eigenvalue weighted by atomic mass is 35.7. The molecule has 0 N–H and O–H groups in total. The van der Waals surface area contributed by atoms with Crippen LogP contribution in [0.2, 0.25) is 0 Å². The van der Waals surface area contributed by atoms with E-state index >= 15 is 0 Å². The van der Waals surface area contributed by atoms with Crippen molar-refractivity contribution in [2.75, 3.05) is 70.5 Å². The van der Waals surface area contributed by atoms with Gasteiger partial charge in [0.25, 0.3) is 0 Å². The van der Waals surface area contributed by atoms with Gasteiger partial charge in [0.1, 0.15) is 0 Å². The minimum atomic E-state index is -6.00. The Kier molecular flexibility index (Phi) is 11.2. The summed E-state index contributed by atoms with van der Waals surface area (Å²) in [4.78, 5) is 0. The van der Waals surface area contributed by atoms with Gasteiger partial charge in [-0.3, -0.25) is 0 Å². The zero-order valence-corrected chi connectivity index (χ0v) is 18.6. The molecule has 24 heavy (non-hydrogen) atoms. The van der Waals surface area contributed by atoms with Crippen molar-refractivity contribution >= 4 is 33.1 Å². The van der Waals surface area contributed by atoms with Gasteiger partial charge in [0.15, 0.2) is 0 Å². The van der Waals surface area contributed by atoms with Crippen molar-refractivity contribution in [3.05, 3.63) is 0 Å². The standard InChI is InChI=1S/C10H30ClN6P2.BF4/c1-13(2)18(11,14(3)4)12-19(15(5)6,16(7)8)17(9)10;2-1(3,4)5/h1-10H3;/q+1;-1. The van der Waals surface area contributed by atoms with Gasteiger partial charge in [-0.05, 0) is 43.9 Å². The lowest BCUT2D eigenvalue weighted by atomic mass is 10.3. The largest absolute Gasteiger partial charge is 0.673 e. The van der Waals surface area contributed by atoms with Crippen molar-refractivity contribution in [2.24, 2.45) is 4.52 Å². The number of nitrogens with zero attached hydrogens (tertiary/aromatic N) is 6. The summed E-state index contributed by atoms with van der Waals surface area (Å²) >= 11 is 6.87. The van der Waals surface area contributed by atoms with Gasteiger partial charge in [-0.1, -0.05) is 0 Å². The Morgan fingerprint density at radius 1 is 0.708 bits per heavy atom. The Morgan fingerprint density at radius 3 is 1.04 bits per heavy atom. The van der Waals surface area contributed by atoms with E-state index in [2.05, 4.69) is 56.3 Å². The molecule has 0 aliphatic rings. The van der Waals surface area contributed by atoms with E-state index in [0.717, 1.165) is 0 Å². The van der Waals surface area contributed by atoms with Crippen LogP contribution in [0, 0.1) is 0 Å². The Morgan fingerprint density at radius 2 is 0.917 bits per heavy atom. The van der Waals surface area contributed by atoms with Crippen molar-refractivity contribution in [2.45, 2.75) is 0 Å². The average molecular weight is 419 g/mol. The number of hydrogen-bond acceptors (Lipinski definition) is 4. The van der Waals surface area contributed by atoms with Crippen LogP contribution in [0.5, 0.6) is 0 Å². The van der Waals surface area contributed by atoms with Gasteiger partial charge in [-0.15, -0.1) is 14.0 Å². The summed E-state index contributed by atoms with van der Waals surface area (Å²) in [5.41, 5.74) is 0. The quantitative estimate of drug-likeness (QED) is 0.370. The van der Waals surface area contributed by atoms with Gasteiger partial charge in [0.05, 0.1) is 0 Å². The fourth-order valence-corrected chi connectivity index (χ4v) is 10.1. The SMILES string of the molecule is CN(C)P(Cl)(=N[P+](N(C)C)(N(C)C)N(C)C)N(C)C.F[B-](F)(F)F. The molecule has 0 radical (unpaired) electrons. The van der Waals surface area contributed by atoms with Gasteiger partial charge >= 0.3 is 15.1 Å². The predicted octanol–water partition coefficient (Wildman–Crippen LogP) is 3.96. The molecular weight excluding hydrogens is 388 g/mol. The first-order valence-electron chi connectivity index (χ1n) is 6.91. The Balaban J connectivity index is 0. The molecule has 14 heteroatoms. The number of hydrogen-bond donors (Lipinski definition) is 0. The number of rotatable bonds is 6. The third-order valence-electron chi connectivity index (χ3n) is 2.86. The van der Waals surface area contributed by atoms with Gasteiger partial charge < -0.3 is 17.3 Å². The van der Waals surface area contributed by atoms with Crippen LogP contribution in [-0.2, 0) is 0 Å². The maximum Gasteiger partial charge on any atom is 0.673 e. The lowest BCUT2D eigenvalue weighted by Gasteiger charge is -2.38. The zero-order valence-electron chi connectivity index (χ0n) is 16.0. The van der Waals surface area contributed by atoms with E-state index in [-0.39, 0.29) is 0 Å². The summed E-state index contributed by atoms with van der Waals surface area (Å²) in [7, 11) is 12.3.